The SMILES string of the molecule is CCSC(=N)c1ccn[nH]1. The monoisotopic (exact) mass is 155 g/mol. The number of aromatic amines is 1. The first-order valence-electron chi connectivity index (χ1n) is 3.05. The quantitative estimate of drug-likeness (QED) is 0.502. The van der Waals surface area contributed by atoms with Gasteiger partial charge in [-0.1, -0.05) is 6.92 Å². The number of hydrogen-bond acceptors (Lipinski definition) is 3. The molecule has 0 unspecified atom stereocenters. The van der Waals surface area contributed by atoms with Gasteiger partial charge in [0.15, 0.2) is 0 Å². The summed E-state index contributed by atoms with van der Waals surface area (Å²) in [6.45, 7) is 2.02. The maximum absolute atomic E-state index is 7.44. The van der Waals surface area contributed by atoms with Crippen molar-refractivity contribution in [3.05, 3.63) is 18.0 Å². The standard InChI is InChI=1S/C6H9N3S/c1-2-10-6(7)5-3-4-8-9-5/h3-4,7H,2H2,1H3,(H,8,9). The highest BCUT2D eigenvalue weighted by atomic mass is 32.2. The Bertz CT molecular complexity index is 205. The van der Waals surface area contributed by atoms with Gasteiger partial charge in [-0.15, -0.1) is 11.8 Å². The topological polar surface area (TPSA) is 52.5 Å². The highest BCUT2D eigenvalue weighted by Crippen LogP contribution is 2.07. The Hall–Kier alpha value is -0.770. The Morgan fingerprint density at radius 3 is 3.20 bits per heavy atom. The fourth-order valence-electron chi connectivity index (χ4n) is 0.604. The summed E-state index contributed by atoms with van der Waals surface area (Å²) >= 11 is 1.50. The van der Waals surface area contributed by atoms with E-state index >= 15 is 0 Å². The predicted octanol–water partition coefficient (Wildman–Crippen LogP) is 1.49. The van der Waals surface area contributed by atoms with Crippen LogP contribution >= 0.6 is 11.8 Å². The lowest BCUT2D eigenvalue weighted by Crippen LogP contribution is -1.93. The van der Waals surface area contributed by atoms with Crippen molar-refractivity contribution in [2.24, 2.45) is 0 Å². The first kappa shape index (κ1) is 7.34. The molecule has 1 heterocycles. The van der Waals surface area contributed by atoms with E-state index in [1.807, 2.05) is 6.92 Å². The van der Waals surface area contributed by atoms with Crippen molar-refractivity contribution < 1.29 is 0 Å². The summed E-state index contributed by atoms with van der Waals surface area (Å²) in [5, 5.41) is 14.5. The van der Waals surface area contributed by atoms with Gasteiger partial charge in [0.05, 0.1) is 5.69 Å². The number of aromatic nitrogens is 2. The Balaban J connectivity index is 2.59. The molecule has 54 valence electrons. The summed E-state index contributed by atoms with van der Waals surface area (Å²) in [5.74, 6) is 0.928. The third-order valence-corrected chi connectivity index (χ3v) is 1.83. The lowest BCUT2D eigenvalue weighted by Gasteiger charge is -1.94. The first-order valence-corrected chi connectivity index (χ1v) is 4.04. The molecule has 0 saturated carbocycles. The van der Waals surface area contributed by atoms with Gasteiger partial charge < -0.3 is 0 Å². The van der Waals surface area contributed by atoms with Crippen LogP contribution < -0.4 is 0 Å². The average molecular weight is 155 g/mol. The summed E-state index contributed by atoms with van der Waals surface area (Å²) in [4.78, 5) is 0. The van der Waals surface area contributed by atoms with Crippen LogP contribution in [0, 0.1) is 5.41 Å². The van der Waals surface area contributed by atoms with E-state index in [0.717, 1.165) is 11.4 Å². The van der Waals surface area contributed by atoms with E-state index in [0.29, 0.717) is 5.04 Å². The predicted molar refractivity (Wildman–Crippen MR) is 43.5 cm³/mol. The third-order valence-electron chi connectivity index (χ3n) is 1.03. The zero-order chi connectivity index (χ0) is 7.40. The summed E-state index contributed by atoms with van der Waals surface area (Å²) in [5.41, 5.74) is 0.798. The minimum Gasteiger partial charge on any atom is -0.292 e. The van der Waals surface area contributed by atoms with E-state index in [1.54, 1.807) is 12.3 Å². The summed E-state index contributed by atoms with van der Waals surface area (Å²) in [6, 6.07) is 1.80. The van der Waals surface area contributed by atoms with Crippen LogP contribution in [-0.2, 0) is 0 Å². The van der Waals surface area contributed by atoms with Crippen LogP contribution in [0.3, 0.4) is 0 Å². The molecule has 0 amide bonds. The van der Waals surface area contributed by atoms with Crippen molar-refractivity contribution in [3.8, 4) is 0 Å². The van der Waals surface area contributed by atoms with E-state index in [9.17, 15) is 0 Å². The van der Waals surface area contributed by atoms with Crippen molar-refractivity contribution >= 4 is 16.8 Å². The number of hydrogen-bond donors (Lipinski definition) is 2. The lowest BCUT2D eigenvalue weighted by molar-refractivity contribution is 1.08. The molecular formula is C6H9N3S. The molecule has 2 N–H and O–H groups in total. The highest BCUT2D eigenvalue weighted by Gasteiger charge is 1.99. The van der Waals surface area contributed by atoms with Crippen molar-refractivity contribution in [2.45, 2.75) is 6.92 Å². The van der Waals surface area contributed by atoms with Gasteiger partial charge >= 0.3 is 0 Å². The number of H-pyrrole nitrogens is 1. The van der Waals surface area contributed by atoms with Gasteiger partial charge in [0.25, 0.3) is 0 Å². The van der Waals surface area contributed by atoms with Crippen LogP contribution in [-0.4, -0.2) is 21.0 Å². The molecular weight excluding hydrogens is 146 g/mol. The molecule has 0 bridgehead atoms. The molecule has 0 saturated heterocycles. The summed E-state index contributed by atoms with van der Waals surface area (Å²) in [6.07, 6.45) is 1.65. The molecule has 0 aromatic carbocycles. The molecule has 0 atom stereocenters. The number of thioether (sulfide) groups is 1. The zero-order valence-corrected chi connectivity index (χ0v) is 6.53. The molecule has 1 rings (SSSR count). The van der Waals surface area contributed by atoms with E-state index in [-0.39, 0.29) is 0 Å². The minimum absolute atomic E-state index is 0.556. The maximum Gasteiger partial charge on any atom is 0.112 e. The second-order valence-corrected chi connectivity index (χ2v) is 3.01. The number of nitrogens with zero attached hydrogens (tertiary/aromatic N) is 1. The number of nitrogens with one attached hydrogen (secondary N) is 2. The lowest BCUT2D eigenvalue weighted by atomic mass is 10.5. The van der Waals surface area contributed by atoms with E-state index in [2.05, 4.69) is 10.2 Å². The molecule has 0 aliphatic heterocycles. The van der Waals surface area contributed by atoms with Gasteiger partial charge in [-0.25, -0.2) is 0 Å². The molecule has 1 aromatic rings. The Morgan fingerprint density at radius 1 is 1.90 bits per heavy atom. The molecule has 0 spiro atoms. The van der Waals surface area contributed by atoms with Gasteiger partial charge in [0.2, 0.25) is 0 Å². The number of rotatable bonds is 2. The Kier molecular flexibility index (Phi) is 2.50. The maximum atomic E-state index is 7.44. The first-order chi connectivity index (χ1) is 4.84. The largest absolute Gasteiger partial charge is 0.292 e. The molecule has 3 nitrogen and oxygen atoms in total. The normalized spacial score (nSPS) is 9.70. The molecule has 0 aliphatic rings. The Labute approximate surface area is 63.7 Å². The molecule has 0 radical (unpaired) electrons. The van der Waals surface area contributed by atoms with Crippen molar-refractivity contribution in [1.82, 2.24) is 10.2 Å². The van der Waals surface area contributed by atoms with E-state index in [4.69, 9.17) is 5.41 Å². The third kappa shape index (κ3) is 1.60. The van der Waals surface area contributed by atoms with Crippen molar-refractivity contribution in [3.63, 3.8) is 0 Å². The van der Waals surface area contributed by atoms with Crippen molar-refractivity contribution in [1.29, 1.82) is 5.41 Å². The van der Waals surface area contributed by atoms with Crippen LogP contribution in [0.5, 0.6) is 0 Å². The fourth-order valence-corrected chi connectivity index (χ4v) is 1.16. The van der Waals surface area contributed by atoms with Crippen LogP contribution in [0.4, 0.5) is 0 Å². The van der Waals surface area contributed by atoms with Gasteiger partial charge in [0.1, 0.15) is 5.04 Å². The van der Waals surface area contributed by atoms with Gasteiger partial charge in [0, 0.05) is 6.20 Å². The molecule has 10 heavy (non-hydrogen) atoms. The highest BCUT2D eigenvalue weighted by molar-refractivity contribution is 8.14. The second kappa shape index (κ2) is 3.41. The average Bonchev–Trinajstić information content (AvgIpc) is 2.38. The van der Waals surface area contributed by atoms with Crippen LogP contribution in [0.1, 0.15) is 12.6 Å². The molecule has 1 aromatic heterocycles. The second-order valence-electron chi connectivity index (χ2n) is 1.73. The van der Waals surface area contributed by atoms with Gasteiger partial charge in [-0.2, -0.15) is 5.10 Å². The summed E-state index contributed by atoms with van der Waals surface area (Å²) in [7, 11) is 0. The van der Waals surface area contributed by atoms with Crippen LogP contribution in [0.2, 0.25) is 0 Å². The molecule has 4 heteroatoms. The molecule has 0 fully saturated rings. The minimum atomic E-state index is 0.556. The fraction of sp³-hybridized carbons (Fsp3) is 0.333. The van der Waals surface area contributed by atoms with Crippen LogP contribution in [0.15, 0.2) is 12.3 Å². The zero-order valence-electron chi connectivity index (χ0n) is 5.72. The smallest absolute Gasteiger partial charge is 0.112 e. The van der Waals surface area contributed by atoms with Crippen molar-refractivity contribution in [2.75, 3.05) is 5.75 Å². The summed E-state index contributed by atoms with van der Waals surface area (Å²) < 4.78 is 0. The van der Waals surface area contributed by atoms with E-state index in [1.165, 1.54) is 11.8 Å². The van der Waals surface area contributed by atoms with E-state index < -0.39 is 0 Å². The van der Waals surface area contributed by atoms with Gasteiger partial charge in [-0.05, 0) is 11.8 Å². The Morgan fingerprint density at radius 2 is 2.70 bits per heavy atom. The van der Waals surface area contributed by atoms with Gasteiger partial charge in [-0.3, -0.25) is 10.5 Å². The molecule has 0 aliphatic carbocycles. The van der Waals surface area contributed by atoms with Crippen LogP contribution in [0.25, 0.3) is 0 Å².